The van der Waals surface area contributed by atoms with Crippen LogP contribution >= 0.6 is 11.6 Å². The predicted octanol–water partition coefficient (Wildman–Crippen LogP) is 4.09. The van der Waals surface area contributed by atoms with Gasteiger partial charge in [0.15, 0.2) is 5.82 Å². The zero-order chi connectivity index (χ0) is 12.5. The molecule has 2 aromatic carbocycles. The lowest BCUT2D eigenvalue weighted by Crippen LogP contribution is -1.91. The van der Waals surface area contributed by atoms with Gasteiger partial charge in [-0.05, 0) is 36.4 Å². The van der Waals surface area contributed by atoms with E-state index in [4.69, 9.17) is 11.6 Å². The fourth-order valence-corrected chi connectivity index (χ4v) is 2.01. The Balaban J connectivity index is 2.21. The summed E-state index contributed by atoms with van der Waals surface area (Å²) in [4.78, 5) is 8.65. The molecular weight excluding hydrogens is 251 g/mol. The molecule has 3 rings (SSSR count). The van der Waals surface area contributed by atoms with Crippen LogP contribution in [0.25, 0.3) is 22.3 Å². The highest BCUT2D eigenvalue weighted by Crippen LogP contribution is 2.24. The molecule has 18 heavy (non-hydrogen) atoms. The highest BCUT2D eigenvalue weighted by atomic mass is 35.5. The van der Waals surface area contributed by atoms with Gasteiger partial charge in [0.25, 0.3) is 0 Å². The lowest BCUT2D eigenvalue weighted by molar-refractivity contribution is 0.628. The summed E-state index contributed by atoms with van der Waals surface area (Å²) in [6, 6.07) is 13.5. The molecule has 0 spiro atoms. The number of rotatable bonds is 1. The van der Waals surface area contributed by atoms with Crippen molar-refractivity contribution >= 4 is 22.5 Å². The number of halogens is 2. The van der Waals surface area contributed by atoms with E-state index in [-0.39, 0.29) is 5.82 Å². The van der Waals surface area contributed by atoms with E-state index in [1.807, 2.05) is 24.3 Å². The van der Waals surface area contributed by atoms with Gasteiger partial charge in [-0.25, -0.2) is 14.4 Å². The van der Waals surface area contributed by atoms with Gasteiger partial charge in [-0.15, -0.1) is 0 Å². The maximum absolute atomic E-state index is 12.9. The minimum atomic E-state index is -0.286. The van der Waals surface area contributed by atoms with E-state index in [2.05, 4.69) is 9.97 Å². The first-order valence-electron chi connectivity index (χ1n) is 5.42. The van der Waals surface area contributed by atoms with Crippen LogP contribution in [0.5, 0.6) is 0 Å². The molecule has 0 aliphatic heterocycles. The molecule has 2 nitrogen and oxygen atoms in total. The fourth-order valence-electron chi connectivity index (χ4n) is 1.77. The largest absolute Gasteiger partial charge is 0.228 e. The van der Waals surface area contributed by atoms with Crippen molar-refractivity contribution in [2.24, 2.45) is 0 Å². The van der Waals surface area contributed by atoms with E-state index < -0.39 is 0 Å². The molecule has 0 aliphatic rings. The normalized spacial score (nSPS) is 10.8. The Morgan fingerprint density at radius 1 is 0.889 bits per heavy atom. The molecule has 0 radical (unpaired) electrons. The third kappa shape index (κ3) is 1.93. The molecule has 1 heterocycles. The predicted molar refractivity (Wildman–Crippen MR) is 69.9 cm³/mol. The molecule has 1 aromatic heterocycles. The Hall–Kier alpha value is -2.00. The van der Waals surface area contributed by atoms with Gasteiger partial charge >= 0.3 is 0 Å². The lowest BCUT2D eigenvalue weighted by atomic mass is 10.2. The second-order valence-electron chi connectivity index (χ2n) is 3.86. The van der Waals surface area contributed by atoms with Crippen LogP contribution in [0.4, 0.5) is 4.39 Å². The molecular formula is C14H8ClFN2. The maximum atomic E-state index is 12.9. The lowest BCUT2D eigenvalue weighted by Gasteiger charge is -2.04. The molecule has 0 saturated heterocycles. The van der Waals surface area contributed by atoms with Crippen LogP contribution in [0.1, 0.15) is 0 Å². The van der Waals surface area contributed by atoms with Crippen molar-refractivity contribution in [2.45, 2.75) is 0 Å². The first kappa shape index (κ1) is 11.1. The summed E-state index contributed by atoms with van der Waals surface area (Å²) in [6.07, 6.45) is 0. The van der Waals surface area contributed by atoms with Gasteiger partial charge in [-0.3, -0.25) is 0 Å². The number of fused-ring (bicyclic) bond motifs is 1. The first-order valence-corrected chi connectivity index (χ1v) is 5.80. The number of para-hydroxylation sites is 1. The van der Waals surface area contributed by atoms with Crippen molar-refractivity contribution in [3.63, 3.8) is 0 Å². The van der Waals surface area contributed by atoms with Gasteiger partial charge in [0, 0.05) is 10.9 Å². The van der Waals surface area contributed by atoms with Crippen LogP contribution in [0, 0.1) is 5.82 Å². The topological polar surface area (TPSA) is 25.8 Å². The molecule has 0 N–H and O–H groups in total. The summed E-state index contributed by atoms with van der Waals surface area (Å²) in [5.41, 5.74) is 1.51. The Labute approximate surface area is 108 Å². The van der Waals surface area contributed by atoms with Gasteiger partial charge < -0.3 is 0 Å². The van der Waals surface area contributed by atoms with E-state index >= 15 is 0 Å². The summed E-state index contributed by atoms with van der Waals surface area (Å²) < 4.78 is 12.9. The minimum Gasteiger partial charge on any atom is -0.228 e. The molecule has 4 heteroatoms. The summed E-state index contributed by atoms with van der Waals surface area (Å²) in [7, 11) is 0. The standard InChI is InChI=1S/C14H8ClFN2/c15-13-11-3-1-2-4-12(11)17-14(18-13)9-5-7-10(16)8-6-9/h1-8H. The molecule has 0 bridgehead atoms. The van der Waals surface area contributed by atoms with Crippen molar-refractivity contribution in [2.75, 3.05) is 0 Å². The third-order valence-electron chi connectivity index (χ3n) is 2.66. The molecule has 3 aromatic rings. The van der Waals surface area contributed by atoms with Gasteiger partial charge in [-0.1, -0.05) is 23.7 Å². The summed E-state index contributed by atoms with van der Waals surface area (Å²) in [5, 5.41) is 1.21. The zero-order valence-electron chi connectivity index (χ0n) is 9.27. The molecule has 0 fully saturated rings. The van der Waals surface area contributed by atoms with Crippen LogP contribution in [0.15, 0.2) is 48.5 Å². The number of hydrogen-bond donors (Lipinski definition) is 0. The van der Waals surface area contributed by atoms with Crippen LogP contribution in [0.3, 0.4) is 0 Å². The average Bonchev–Trinajstić information content (AvgIpc) is 2.39. The number of nitrogens with zero attached hydrogens (tertiary/aromatic N) is 2. The van der Waals surface area contributed by atoms with Crippen molar-refractivity contribution in [1.29, 1.82) is 0 Å². The van der Waals surface area contributed by atoms with Gasteiger partial charge in [0.2, 0.25) is 0 Å². The van der Waals surface area contributed by atoms with Crippen LogP contribution in [-0.2, 0) is 0 Å². The van der Waals surface area contributed by atoms with Crippen LogP contribution in [0.2, 0.25) is 5.15 Å². The summed E-state index contributed by atoms with van der Waals surface area (Å²) >= 11 is 6.12. The van der Waals surface area contributed by atoms with Gasteiger partial charge in [0.1, 0.15) is 11.0 Å². The minimum absolute atomic E-state index is 0.286. The highest BCUT2D eigenvalue weighted by Gasteiger charge is 2.07. The summed E-state index contributed by atoms with van der Waals surface area (Å²) in [6.45, 7) is 0. The Morgan fingerprint density at radius 2 is 1.61 bits per heavy atom. The highest BCUT2D eigenvalue weighted by molar-refractivity contribution is 6.34. The maximum Gasteiger partial charge on any atom is 0.161 e. The molecule has 0 atom stereocenters. The van der Waals surface area contributed by atoms with E-state index in [1.165, 1.54) is 12.1 Å². The van der Waals surface area contributed by atoms with E-state index in [9.17, 15) is 4.39 Å². The number of hydrogen-bond acceptors (Lipinski definition) is 2. The number of benzene rings is 2. The second-order valence-corrected chi connectivity index (χ2v) is 4.22. The van der Waals surface area contributed by atoms with Crippen molar-refractivity contribution in [1.82, 2.24) is 9.97 Å². The van der Waals surface area contributed by atoms with E-state index in [0.29, 0.717) is 11.0 Å². The zero-order valence-corrected chi connectivity index (χ0v) is 10.0. The first-order chi connectivity index (χ1) is 8.74. The third-order valence-corrected chi connectivity index (χ3v) is 2.95. The number of aromatic nitrogens is 2. The Kier molecular flexibility index (Phi) is 2.68. The molecule has 0 unspecified atom stereocenters. The van der Waals surface area contributed by atoms with Crippen molar-refractivity contribution in [3.05, 3.63) is 59.5 Å². The smallest absolute Gasteiger partial charge is 0.161 e. The Morgan fingerprint density at radius 3 is 2.39 bits per heavy atom. The van der Waals surface area contributed by atoms with Gasteiger partial charge in [0.05, 0.1) is 5.52 Å². The van der Waals surface area contributed by atoms with Crippen LogP contribution in [-0.4, -0.2) is 9.97 Å². The molecule has 0 amide bonds. The fraction of sp³-hybridized carbons (Fsp3) is 0. The SMILES string of the molecule is Fc1ccc(-c2nc(Cl)c3ccccc3n2)cc1. The average molecular weight is 259 g/mol. The van der Waals surface area contributed by atoms with Crippen LogP contribution < -0.4 is 0 Å². The van der Waals surface area contributed by atoms with E-state index in [0.717, 1.165) is 16.5 Å². The quantitative estimate of drug-likeness (QED) is 0.615. The Bertz CT molecular complexity index is 711. The van der Waals surface area contributed by atoms with E-state index in [1.54, 1.807) is 12.1 Å². The molecule has 88 valence electrons. The van der Waals surface area contributed by atoms with Gasteiger partial charge in [-0.2, -0.15) is 0 Å². The van der Waals surface area contributed by atoms with Crippen molar-refractivity contribution < 1.29 is 4.39 Å². The van der Waals surface area contributed by atoms with Crippen molar-refractivity contribution in [3.8, 4) is 11.4 Å². The molecule has 0 aliphatic carbocycles. The second kappa shape index (κ2) is 4.35. The monoisotopic (exact) mass is 258 g/mol. The molecule has 0 saturated carbocycles. The summed E-state index contributed by atoms with van der Waals surface area (Å²) in [5.74, 6) is 0.212.